The molecule has 2 aliphatic rings. The van der Waals surface area contributed by atoms with Crippen molar-refractivity contribution in [3.63, 3.8) is 0 Å². The molecule has 0 amide bonds. The molecule has 1 saturated heterocycles. The van der Waals surface area contributed by atoms with E-state index in [1.165, 1.54) is 12.0 Å². The monoisotopic (exact) mass is 385 g/mol. The third-order valence-corrected chi connectivity index (χ3v) is 5.89. The van der Waals surface area contributed by atoms with Crippen LogP contribution in [-0.2, 0) is 0 Å². The topological polar surface area (TPSA) is 29.5 Å². The molecular weight excluding hydrogens is 358 g/mol. The first-order chi connectivity index (χ1) is 12.8. The molecule has 0 saturated carbocycles. The van der Waals surface area contributed by atoms with Crippen LogP contribution in [0.3, 0.4) is 0 Å². The number of hydrogen-bond acceptors (Lipinski definition) is 3. The van der Waals surface area contributed by atoms with Crippen molar-refractivity contribution in [1.29, 1.82) is 0 Å². The van der Waals surface area contributed by atoms with Crippen molar-refractivity contribution in [2.75, 3.05) is 26.2 Å². The summed E-state index contributed by atoms with van der Waals surface area (Å²) in [6.07, 6.45) is 4.26. The Labute approximate surface area is 168 Å². The van der Waals surface area contributed by atoms with Gasteiger partial charge in [-0.25, -0.2) is 0 Å². The largest absolute Gasteiger partial charge is 0.493 e. The number of Topliss-reactive ketones (excluding diaryl/α,β-unsaturated/α-hetero) is 1. The lowest BCUT2D eigenvalue weighted by atomic mass is 9.87. The lowest BCUT2D eigenvalue weighted by molar-refractivity contribution is 0.0836. The number of fused-ring (bicyclic) bond motifs is 1. The maximum absolute atomic E-state index is 12.6. The number of nitrogens with zero attached hydrogens (tertiary/aromatic N) is 1. The summed E-state index contributed by atoms with van der Waals surface area (Å²) in [5.41, 5.74) is 2.23. The summed E-state index contributed by atoms with van der Waals surface area (Å²) < 4.78 is 5.78. The number of ketones is 1. The Hall–Kier alpha value is -1.84. The van der Waals surface area contributed by atoms with Crippen LogP contribution in [0.4, 0.5) is 0 Å². The van der Waals surface area contributed by atoms with Crippen molar-refractivity contribution >= 4 is 18.2 Å². The summed E-state index contributed by atoms with van der Waals surface area (Å²) in [6, 6.07) is 18.2. The van der Waals surface area contributed by atoms with Gasteiger partial charge in [0.2, 0.25) is 0 Å². The molecule has 2 heterocycles. The van der Waals surface area contributed by atoms with Crippen LogP contribution in [0.1, 0.15) is 47.5 Å². The van der Waals surface area contributed by atoms with Gasteiger partial charge in [-0.3, -0.25) is 4.79 Å². The molecular formula is C23H28ClNO2. The van der Waals surface area contributed by atoms with Gasteiger partial charge in [-0.15, -0.1) is 12.4 Å². The molecule has 1 unspecified atom stereocenters. The van der Waals surface area contributed by atoms with E-state index in [1.54, 1.807) is 0 Å². The number of para-hydroxylation sites is 1. The molecule has 4 rings (SSSR count). The first-order valence-corrected chi connectivity index (χ1v) is 9.84. The van der Waals surface area contributed by atoms with Crippen molar-refractivity contribution in [3.05, 3.63) is 65.7 Å². The molecule has 2 aromatic carbocycles. The van der Waals surface area contributed by atoms with E-state index in [0.29, 0.717) is 11.7 Å². The van der Waals surface area contributed by atoms with Gasteiger partial charge in [0.1, 0.15) is 5.75 Å². The van der Waals surface area contributed by atoms with Crippen molar-refractivity contribution in [2.45, 2.75) is 31.6 Å². The zero-order valence-electron chi connectivity index (χ0n) is 15.7. The summed E-state index contributed by atoms with van der Waals surface area (Å²) >= 11 is 0. The Morgan fingerprint density at radius 2 is 1.67 bits per heavy atom. The highest BCUT2D eigenvalue weighted by atomic mass is 35.5. The van der Waals surface area contributed by atoms with Gasteiger partial charge < -0.3 is 9.64 Å². The van der Waals surface area contributed by atoms with E-state index in [9.17, 15) is 4.79 Å². The smallest absolute Gasteiger partial charge is 0.166 e. The molecule has 2 aliphatic heterocycles. The highest BCUT2D eigenvalue weighted by Gasteiger charge is 2.27. The van der Waals surface area contributed by atoms with E-state index < -0.39 is 0 Å². The minimum Gasteiger partial charge on any atom is -0.493 e. The van der Waals surface area contributed by atoms with Gasteiger partial charge in [-0.05, 0) is 62.9 Å². The molecule has 0 N–H and O–H groups in total. The number of carbonyl (C=O) groups is 1. The lowest BCUT2D eigenvalue weighted by Gasteiger charge is -2.33. The Balaban J connectivity index is 0.00000210. The molecule has 144 valence electrons. The number of carbonyl (C=O) groups excluding carboxylic acids is 1. The molecule has 4 heteroatoms. The van der Waals surface area contributed by atoms with Crippen LogP contribution < -0.4 is 4.74 Å². The quantitative estimate of drug-likeness (QED) is 0.681. The Morgan fingerprint density at radius 1 is 0.963 bits per heavy atom. The standard InChI is InChI=1S/C23H27NO2.ClH/c25-23(19-6-2-1-3-7-19)20-11-15-24(16-12-20)14-10-18-13-17-26-22-9-5-4-8-21(18)22;/h1-9,18,20H,10-17H2;1H. The van der Waals surface area contributed by atoms with Crippen molar-refractivity contribution in [3.8, 4) is 5.75 Å². The van der Waals surface area contributed by atoms with Crippen LogP contribution >= 0.6 is 12.4 Å². The van der Waals surface area contributed by atoms with Crippen molar-refractivity contribution < 1.29 is 9.53 Å². The second kappa shape index (κ2) is 9.38. The highest BCUT2D eigenvalue weighted by Crippen LogP contribution is 2.35. The van der Waals surface area contributed by atoms with Crippen LogP contribution in [0.5, 0.6) is 5.75 Å². The van der Waals surface area contributed by atoms with E-state index in [1.807, 2.05) is 30.3 Å². The lowest BCUT2D eigenvalue weighted by Crippen LogP contribution is -2.37. The molecule has 0 radical (unpaired) electrons. The van der Waals surface area contributed by atoms with Crippen LogP contribution in [0.25, 0.3) is 0 Å². The molecule has 2 aromatic rings. The number of hydrogen-bond donors (Lipinski definition) is 0. The number of halogens is 1. The molecule has 0 bridgehead atoms. The predicted molar refractivity (Wildman–Crippen MR) is 111 cm³/mol. The minimum atomic E-state index is 0. The fourth-order valence-electron chi connectivity index (χ4n) is 4.31. The summed E-state index contributed by atoms with van der Waals surface area (Å²) in [7, 11) is 0. The third kappa shape index (κ3) is 4.72. The van der Waals surface area contributed by atoms with E-state index in [4.69, 9.17) is 4.74 Å². The SMILES string of the molecule is Cl.O=C(c1ccccc1)C1CCN(CCC2CCOc3ccccc32)CC1. The van der Waals surface area contributed by atoms with Crippen LogP contribution in [0, 0.1) is 5.92 Å². The van der Waals surface area contributed by atoms with Gasteiger partial charge >= 0.3 is 0 Å². The van der Waals surface area contributed by atoms with E-state index in [-0.39, 0.29) is 18.3 Å². The maximum atomic E-state index is 12.6. The number of ether oxygens (including phenoxy) is 1. The fourth-order valence-corrected chi connectivity index (χ4v) is 4.31. The first-order valence-electron chi connectivity index (χ1n) is 9.84. The highest BCUT2D eigenvalue weighted by molar-refractivity contribution is 5.97. The Morgan fingerprint density at radius 3 is 2.44 bits per heavy atom. The average molecular weight is 386 g/mol. The molecule has 0 spiro atoms. The average Bonchev–Trinajstić information content (AvgIpc) is 2.73. The second-order valence-electron chi connectivity index (χ2n) is 7.51. The summed E-state index contributed by atoms with van der Waals surface area (Å²) in [5.74, 6) is 2.18. The van der Waals surface area contributed by atoms with Gasteiger partial charge in [-0.2, -0.15) is 0 Å². The second-order valence-corrected chi connectivity index (χ2v) is 7.51. The van der Waals surface area contributed by atoms with Gasteiger partial charge in [0.25, 0.3) is 0 Å². The number of benzene rings is 2. The normalized spacial score (nSPS) is 20.2. The summed E-state index contributed by atoms with van der Waals surface area (Å²) in [5, 5.41) is 0. The van der Waals surface area contributed by atoms with E-state index in [2.05, 4.69) is 29.2 Å². The number of piperidine rings is 1. The maximum Gasteiger partial charge on any atom is 0.166 e. The van der Waals surface area contributed by atoms with Crippen LogP contribution in [-0.4, -0.2) is 36.9 Å². The minimum absolute atomic E-state index is 0. The molecule has 1 fully saturated rings. The molecule has 0 aromatic heterocycles. The fraction of sp³-hybridized carbons (Fsp3) is 0.435. The summed E-state index contributed by atoms with van der Waals surface area (Å²) in [4.78, 5) is 15.2. The van der Waals surface area contributed by atoms with Gasteiger partial charge in [-0.1, -0.05) is 48.5 Å². The molecule has 27 heavy (non-hydrogen) atoms. The van der Waals surface area contributed by atoms with E-state index in [0.717, 1.165) is 56.8 Å². The van der Waals surface area contributed by atoms with Crippen LogP contribution in [0.2, 0.25) is 0 Å². The number of likely N-dealkylation sites (tertiary alicyclic amines) is 1. The van der Waals surface area contributed by atoms with Crippen molar-refractivity contribution in [1.82, 2.24) is 4.90 Å². The zero-order chi connectivity index (χ0) is 17.8. The van der Waals surface area contributed by atoms with Crippen LogP contribution in [0.15, 0.2) is 54.6 Å². The Bertz CT molecular complexity index is 741. The van der Waals surface area contributed by atoms with Crippen molar-refractivity contribution in [2.24, 2.45) is 5.92 Å². The van der Waals surface area contributed by atoms with Gasteiger partial charge in [0.15, 0.2) is 5.78 Å². The number of rotatable bonds is 5. The first kappa shape index (κ1) is 19.9. The molecule has 3 nitrogen and oxygen atoms in total. The van der Waals surface area contributed by atoms with Gasteiger partial charge in [0.05, 0.1) is 6.61 Å². The summed E-state index contributed by atoms with van der Waals surface area (Å²) in [6.45, 7) is 4.02. The zero-order valence-corrected chi connectivity index (χ0v) is 16.5. The third-order valence-electron chi connectivity index (χ3n) is 5.89. The Kier molecular flexibility index (Phi) is 6.92. The predicted octanol–water partition coefficient (Wildman–Crippen LogP) is 4.96. The molecule has 1 atom stereocenters. The van der Waals surface area contributed by atoms with E-state index >= 15 is 0 Å². The van der Waals surface area contributed by atoms with Gasteiger partial charge in [0, 0.05) is 11.5 Å². The molecule has 0 aliphatic carbocycles.